The highest BCUT2D eigenvalue weighted by atomic mass is 19.1. The predicted molar refractivity (Wildman–Crippen MR) is 171 cm³/mol. The number of rotatable bonds is 6. The van der Waals surface area contributed by atoms with E-state index in [2.05, 4.69) is 32.6 Å². The molecule has 2 aliphatic rings. The molecule has 0 bridgehead atoms. The Kier molecular flexibility index (Phi) is 8.15. The fourth-order valence-electron chi connectivity index (χ4n) is 5.35. The van der Waals surface area contributed by atoms with Gasteiger partial charge in [0.25, 0.3) is 11.8 Å². The number of methoxy groups -OCH3 is 1. The van der Waals surface area contributed by atoms with Crippen molar-refractivity contribution in [2.24, 2.45) is 12.5 Å². The number of aryl methyl sites for hydroxylation is 1. The maximum atomic E-state index is 15.9. The minimum Gasteiger partial charge on any atom is -0.494 e. The molecular weight excluding hydrogens is 638 g/mol. The molecule has 6 rings (SSSR count). The number of halogens is 2. The number of urea groups is 1. The average Bonchev–Trinajstić information content (AvgIpc) is 3.70. The van der Waals surface area contributed by atoms with Crippen LogP contribution in [0.1, 0.15) is 42.3 Å². The molecule has 1 atom stereocenters. The third-order valence-electron chi connectivity index (χ3n) is 7.96. The van der Waals surface area contributed by atoms with Gasteiger partial charge in [0, 0.05) is 36.5 Å². The van der Waals surface area contributed by atoms with E-state index >= 15 is 4.39 Å². The Morgan fingerprint density at radius 2 is 1.84 bits per heavy atom. The molecule has 2 aliphatic heterocycles. The predicted octanol–water partition coefficient (Wildman–Crippen LogP) is 3.97. The van der Waals surface area contributed by atoms with E-state index in [1.165, 1.54) is 36.3 Å². The van der Waals surface area contributed by atoms with Crippen molar-refractivity contribution >= 4 is 23.8 Å². The van der Waals surface area contributed by atoms with Crippen molar-refractivity contribution < 1.29 is 37.4 Å². The maximum absolute atomic E-state index is 15.9. The maximum Gasteiger partial charge on any atom is 0.323 e. The van der Waals surface area contributed by atoms with Gasteiger partial charge in [-0.3, -0.25) is 24.4 Å². The summed E-state index contributed by atoms with van der Waals surface area (Å²) in [5, 5.41) is 8.75. The lowest BCUT2D eigenvalue weighted by molar-refractivity contribution is -0.143. The van der Waals surface area contributed by atoms with E-state index < -0.39 is 52.9 Å². The summed E-state index contributed by atoms with van der Waals surface area (Å²) in [6.45, 7) is 4.61. The molecule has 49 heavy (non-hydrogen) atoms. The molecule has 0 aliphatic carbocycles. The minimum atomic E-state index is -1.92. The van der Waals surface area contributed by atoms with Crippen molar-refractivity contribution in [2.75, 3.05) is 13.7 Å². The molecule has 1 fully saturated rings. The van der Waals surface area contributed by atoms with Gasteiger partial charge in [-0.25, -0.2) is 18.6 Å². The Labute approximate surface area is 279 Å². The summed E-state index contributed by atoms with van der Waals surface area (Å²) < 4.78 is 43.0. The van der Waals surface area contributed by atoms with E-state index in [1.54, 1.807) is 57.0 Å². The van der Waals surface area contributed by atoms with E-state index in [0.717, 1.165) is 6.07 Å². The first-order valence-corrected chi connectivity index (χ1v) is 15.0. The number of amides is 4. The lowest BCUT2D eigenvalue weighted by Gasteiger charge is -2.26. The molecule has 4 aromatic rings. The number of esters is 1. The first kappa shape index (κ1) is 32.8. The minimum absolute atomic E-state index is 0.00695. The standard InChI is InChI=1S/C35H30F2N6O6/c1-34(2,3)32(46)49-26-11-9-24(21-15-38-42(4)16-21)39-29(26)22-8-6-19(14-23(22)36)12-13-35(31(45)40-33(47)41-35)18-43-17-20-7-10-25(48-5)28(37)27(20)30(43)44/h6-11,14-16H,17-18H2,1-5H3,(H2,40,41,45,47). The first-order chi connectivity index (χ1) is 23.2. The van der Waals surface area contributed by atoms with Crippen LogP contribution in [0, 0.1) is 28.9 Å². The molecule has 1 saturated heterocycles. The number of hydrogen-bond donors (Lipinski definition) is 2. The molecular formula is C35H30F2N6O6. The summed E-state index contributed by atoms with van der Waals surface area (Å²) in [5.74, 6) is 1.69. The number of carbonyl (C=O) groups is 4. The summed E-state index contributed by atoms with van der Waals surface area (Å²) in [4.78, 5) is 57.1. The van der Waals surface area contributed by atoms with E-state index in [1.807, 2.05) is 0 Å². The Morgan fingerprint density at radius 3 is 2.47 bits per heavy atom. The number of nitrogens with zero attached hydrogens (tertiary/aromatic N) is 4. The Balaban J connectivity index is 1.34. The Morgan fingerprint density at radius 1 is 1.08 bits per heavy atom. The molecule has 4 heterocycles. The third kappa shape index (κ3) is 6.18. The van der Waals surface area contributed by atoms with Gasteiger partial charge in [-0.15, -0.1) is 0 Å². The van der Waals surface area contributed by atoms with Gasteiger partial charge in [0.1, 0.15) is 11.5 Å². The van der Waals surface area contributed by atoms with Crippen LogP contribution in [0.5, 0.6) is 11.5 Å². The molecule has 0 saturated carbocycles. The number of aromatic nitrogens is 3. The number of imide groups is 1. The zero-order valence-electron chi connectivity index (χ0n) is 27.1. The first-order valence-electron chi connectivity index (χ1n) is 15.0. The fraction of sp³-hybridized carbons (Fsp3) is 0.257. The molecule has 14 heteroatoms. The van der Waals surface area contributed by atoms with Crippen LogP contribution in [0.2, 0.25) is 0 Å². The van der Waals surface area contributed by atoms with Crippen molar-refractivity contribution in [1.82, 2.24) is 30.3 Å². The number of fused-ring (bicyclic) bond motifs is 1. The third-order valence-corrected chi connectivity index (χ3v) is 7.96. The Bertz CT molecular complexity index is 2130. The molecule has 0 spiro atoms. The highest BCUT2D eigenvalue weighted by molar-refractivity contribution is 6.10. The smallest absolute Gasteiger partial charge is 0.323 e. The molecule has 2 N–H and O–H groups in total. The van der Waals surface area contributed by atoms with Gasteiger partial charge in [0.05, 0.1) is 36.5 Å². The number of hydrogen-bond acceptors (Lipinski definition) is 8. The zero-order valence-corrected chi connectivity index (χ0v) is 27.1. The number of ether oxygens (including phenoxy) is 2. The van der Waals surface area contributed by atoms with Gasteiger partial charge in [-0.1, -0.05) is 17.9 Å². The van der Waals surface area contributed by atoms with Crippen molar-refractivity contribution in [3.63, 3.8) is 0 Å². The van der Waals surface area contributed by atoms with Crippen LogP contribution in [-0.2, 0) is 23.2 Å². The van der Waals surface area contributed by atoms with Gasteiger partial charge < -0.3 is 19.7 Å². The lowest BCUT2D eigenvalue weighted by atomic mass is 9.97. The van der Waals surface area contributed by atoms with Gasteiger partial charge in [0.15, 0.2) is 17.3 Å². The van der Waals surface area contributed by atoms with E-state index in [0.29, 0.717) is 16.8 Å². The van der Waals surface area contributed by atoms with Crippen molar-refractivity contribution in [3.05, 3.63) is 83.2 Å². The van der Waals surface area contributed by atoms with Gasteiger partial charge in [-0.05, 0) is 62.7 Å². The second-order valence-electron chi connectivity index (χ2n) is 12.6. The largest absolute Gasteiger partial charge is 0.494 e. The van der Waals surface area contributed by atoms with Crippen LogP contribution < -0.4 is 20.1 Å². The summed E-state index contributed by atoms with van der Waals surface area (Å²) >= 11 is 0. The van der Waals surface area contributed by atoms with E-state index in [9.17, 15) is 23.6 Å². The lowest BCUT2D eigenvalue weighted by Crippen LogP contribution is -2.54. The molecule has 2 aromatic heterocycles. The van der Waals surface area contributed by atoms with Gasteiger partial charge in [-0.2, -0.15) is 5.10 Å². The number of benzene rings is 2. The van der Waals surface area contributed by atoms with Crippen molar-refractivity contribution in [1.29, 1.82) is 0 Å². The molecule has 0 radical (unpaired) electrons. The SMILES string of the molecule is COc1ccc2c(c1F)C(=O)N(CC1(C#Cc3ccc(-c4nc(-c5cnn(C)c5)ccc4OC(=O)C(C)(C)C)c(F)c3)NC(=O)NC1=O)C2. The highest BCUT2D eigenvalue weighted by Crippen LogP contribution is 2.35. The molecule has 1 unspecified atom stereocenters. The quantitative estimate of drug-likeness (QED) is 0.179. The van der Waals surface area contributed by atoms with Crippen molar-refractivity contribution in [3.8, 4) is 45.9 Å². The second-order valence-corrected chi connectivity index (χ2v) is 12.6. The van der Waals surface area contributed by atoms with Gasteiger partial charge >= 0.3 is 12.0 Å². The normalized spacial score (nSPS) is 16.9. The van der Waals surface area contributed by atoms with Crippen LogP contribution >= 0.6 is 0 Å². The monoisotopic (exact) mass is 668 g/mol. The highest BCUT2D eigenvalue weighted by Gasteiger charge is 2.49. The second kappa shape index (κ2) is 12.2. The number of carbonyl (C=O) groups excluding carboxylic acids is 4. The summed E-state index contributed by atoms with van der Waals surface area (Å²) in [7, 11) is 3.02. The summed E-state index contributed by atoms with van der Waals surface area (Å²) in [5.41, 5.74) is -1.28. The van der Waals surface area contributed by atoms with E-state index in [4.69, 9.17) is 9.47 Å². The van der Waals surface area contributed by atoms with Crippen molar-refractivity contribution in [2.45, 2.75) is 32.9 Å². The molecule has 2 aromatic carbocycles. The van der Waals surface area contributed by atoms with Crippen LogP contribution in [0.25, 0.3) is 22.5 Å². The topological polar surface area (TPSA) is 145 Å². The zero-order chi connectivity index (χ0) is 35.2. The van der Waals surface area contributed by atoms with Crippen LogP contribution in [0.15, 0.2) is 54.9 Å². The average molecular weight is 669 g/mol. The number of nitrogens with one attached hydrogen (secondary N) is 2. The molecule has 250 valence electrons. The van der Waals surface area contributed by atoms with E-state index in [-0.39, 0.29) is 40.4 Å². The van der Waals surface area contributed by atoms with Crippen LogP contribution in [-0.4, -0.2) is 62.7 Å². The number of pyridine rings is 1. The van der Waals surface area contributed by atoms with Crippen LogP contribution in [0.3, 0.4) is 0 Å². The molecule has 12 nitrogen and oxygen atoms in total. The summed E-state index contributed by atoms with van der Waals surface area (Å²) in [6, 6.07) is 9.25. The Hall–Kier alpha value is -6.10. The molecule has 4 amide bonds. The van der Waals surface area contributed by atoms with Crippen LogP contribution in [0.4, 0.5) is 13.6 Å². The fourth-order valence-corrected chi connectivity index (χ4v) is 5.35. The van der Waals surface area contributed by atoms with Gasteiger partial charge in [0.2, 0.25) is 5.54 Å². The summed E-state index contributed by atoms with van der Waals surface area (Å²) in [6.07, 6.45) is 3.33.